The Morgan fingerprint density at radius 2 is 2.22 bits per heavy atom. The van der Waals surface area contributed by atoms with E-state index in [2.05, 4.69) is 10.3 Å². The molecule has 1 aromatic rings. The van der Waals surface area contributed by atoms with Crippen LogP contribution in [0.2, 0.25) is 0 Å². The largest absolute Gasteiger partial charge is 0.316 e. The summed E-state index contributed by atoms with van der Waals surface area (Å²) in [6.07, 6.45) is 2.45. The van der Waals surface area contributed by atoms with E-state index >= 15 is 0 Å². The molecule has 2 atom stereocenters. The predicted molar refractivity (Wildman–Crippen MR) is 70.1 cm³/mol. The highest BCUT2D eigenvalue weighted by atomic mass is 32.2. The van der Waals surface area contributed by atoms with Crippen molar-refractivity contribution in [3.8, 4) is 0 Å². The molecule has 0 radical (unpaired) electrons. The van der Waals surface area contributed by atoms with Crippen molar-refractivity contribution in [3.63, 3.8) is 0 Å². The van der Waals surface area contributed by atoms with Crippen molar-refractivity contribution in [1.82, 2.24) is 14.6 Å². The maximum atomic E-state index is 12.5. The van der Waals surface area contributed by atoms with E-state index in [1.165, 1.54) is 17.5 Å². The lowest BCUT2D eigenvalue weighted by Crippen LogP contribution is -2.43. The van der Waals surface area contributed by atoms with E-state index in [9.17, 15) is 8.42 Å². The van der Waals surface area contributed by atoms with E-state index in [0.717, 1.165) is 24.5 Å². The summed E-state index contributed by atoms with van der Waals surface area (Å²) in [5.41, 5.74) is 0. The van der Waals surface area contributed by atoms with Crippen molar-refractivity contribution in [2.24, 2.45) is 11.8 Å². The number of aryl methyl sites for hydroxylation is 1. The maximum Gasteiger partial charge on any atom is 0.254 e. The molecule has 3 rings (SSSR count). The van der Waals surface area contributed by atoms with Gasteiger partial charge in [0.05, 0.1) is 11.2 Å². The number of thiazole rings is 1. The summed E-state index contributed by atoms with van der Waals surface area (Å²) in [6, 6.07) is 0. The number of hydrogen-bond acceptors (Lipinski definition) is 5. The zero-order chi connectivity index (χ0) is 12.8. The van der Waals surface area contributed by atoms with Crippen molar-refractivity contribution in [1.29, 1.82) is 0 Å². The van der Waals surface area contributed by atoms with Gasteiger partial charge in [-0.2, -0.15) is 4.31 Å². The van der Waals surface area contributed by atoms with Gasteiger partial charge in [-0.25, -0.2) is 13.4 Å². The lowest BCUT2D eigenvalue weighted by Gasteiger charge is -2.33. The Bertz CT molecular complexity index is 540. The molecule has 0 spiro atoms. The fraction of sp³-hybridized carbons (Fsp3) is 0.727. The Labute approximate surface area is 111 Å². The molecule has 7 heteroatoms. The van der Waals surface area contributed by atoms with Crippen LogP contribution in [0.5, 0.6) is 0 Å². The summed E-state index contributed by atoms with van der Waals surface area (Å²) >= 11 is 1.26. The smallest absolute Gasteiger partial charge is 0.254 e. The van der Waals surface area contributed by atoms with Crippen LogP contribution in [0.1, 0.15) is 11.4 Å². The van der Waals surface area contributed by atoms with Gasteiger partial charge in [0.2, 0.25) is 0 Å². The third kappa shape index (κ3) is 2.09. The van der Waals surface area contributed by atoms with Gasteiger partial charge in [-0.15, -0.1) is 11.3 Å². The van der Waals surface area contributed by atoms with Crippen LogP contribution in [0.15, 0.2) is 10.4 Å². The first kappa shape index (κ1) is 12.5. The Kier molecular flexibility index (Phi) is 3.17. The molecule has 1 aromatic heterocycles. The Morgan fingerprint density at radius 1 is 1.44 bits per heavy atom. The van der Waals surface area contributed by atoms with Crippen LogP contribution in [0.3, 0.4) is 0 Å². The van der Waals surface area contributed by atoms with Gasteiger partial charge < -0.3 is 5.32 Å². The molecule has 3 heterocycles. The first-order valence-corrected chi connectivity index (χ1v) is 8.46. The van der Waals surface area contributed by atoms with E-state index in [-0.39, 0.29) is 0 Å². The summed E-state index contributed by atoms with van der Waals surface area (Å²) in [6.45, 7) is 5.10. The van der Waals surface area contributed by atoms with E-state index in [0.29, 0.717) is 29.1 Å². The molecule has 5 nitrogen and oxygen atoms in total. The molecule has 100 valence electrons. The Morgan fingerprint density at radius 3 is 2.94 bits per heavy atom. The standard InChI is InChI=1S/C11H17N3O2S2/c1-8-13-6-11(17-8)18(15,16)14-3-2-9-4-12-5-10(9)7-14/h6,9-10,12H,2-5,7H2,1H3. The molecule has 0 saturated carbocycles. The normalized spacial score (nSPS) is 29.4. The van der Waals surface area contributed by atoms with Crippen LogP contribution in [0.4, 0.5) is 0 Å². The minimum Gasteiger partial charge on any atom is -0.316 e. The molecular formula is C11H17N3O2S2. The van der Waals surface area contributed by atoms with Crippen LogP contribution >= 0.6 is 11.3 Å². The number of piperidine rings is 1. The first-order chi connectivity index (χ1) is 8.57. The number of nitrogens with one attached hydrogen (secondary N) is 1. The van der Waals surface area contributed by atoms with Crippen LogP contribution in [-0.2, 0) is 10.0 Å². The zero-order valence-corrected chi connectivity index (χ0v) is 11.9. The van der Waals surface area contributed by atoms with Gasteiger partial charge in [-0.1, -0.05) is 0 Å². The first-order valence-electron chi connectivity index (χ1n) is 6.20. The number of nitrogens with zero attached hydrogens (tertiary/aromatic N) is 2. The van der Waals surface area contributed by atoms with Gasteiger partial charge in [0.15, 0.2) is 4.21 Å². The molecule has 2 fully saturated rings. The monoisotopic (exact) mass is 287 g/mol. The molecule has 2 aliphatic rings. The lowest BCUT2D eigenvalue weighted by atomic mass is 9.90. The number of fused-ring (bicyclic) bond motifs is 1. The average Bonchev–Trinajstić information content (AvgIpc) is 2.96. The van der Waals surface area contributed by atoms with Gasteiger partial charge >= 0.3 is 0 Å². The van der Waals surface area contributed by atoms with E-state index in [4.69, 9.17) is 0 Å². The molecule has 2 unspecified atom stereocenters. The quantitative estimate of drug-likeness (QED) is 0.869. The van der Waals surface area contributed by atoms with Crippen molar-refractivity contribution >= 4 is 21.4 Å². The molecular weight excluding hydrogens is 270 g/mol. The van der Waals surface area contributed by atoms with Gasteiger partial charge in [0, 0.05) is 13.1 Å². The second-order valence-corrected chi connectivity index (χ2v) is 8.43. The highest BCUT2D eigenvalue weighted by Gasteiger charge is 2.38. The summed E-state index contributed by atoms with van der Waals surface area (Å²) in [4.78, 5) is 4.04. The number of rotatable bonds is 2. The summed E-state index contributed by atoms with van der Waals surface area (Å²) < 4.78 is 26.9. The topological polar surface area (TPSA) is 62.3 Å². The van der Waals surface area contributed by atoms with Crippen molar-refractivity contribution in [2.45, 2.75) is 17.6 Å². The van der Waals surface area contributed by atoms with E-state index in [1.54, 1.807) is 4.31 Å². The summed E-state index contributed by atoms with van der Waals surface area (Å²) in [5, 5.41) is 4.15. The summed E-state index contributed by atoms with van der Waals surface area (Å²) in [5.74, 6) is 1.13. The second kappa shape index (κ2) is 4.56. The van der Waals surface area contributed by atoms with Crippen molar-refractivity contribution in [2.75, 3.05) is 26.2 Å². The van der Waals surface area contributed by atoms with Crippen LogP contribution < -0.4 is 5.32 Å². The SMILES string of the molecule is Cc1ncc(S(=O)(=O)N2CCC3CNCC3C2)s1. The Balaban J connectivity index is 1.82. The molecule has 0 aliphatic carbocycles. The van der Waals surface area contributed by atoms with Crippen LogP contribution in [0, 0.1) is 18.8 Å². The van der Waals surface area contributed by atoms with Gasteiger partial charge in [-0.3, -0.25) is 0 Å². The molecule has 0 bridgehead atoms. The maximum absolute atomic E-state index is 12.5. The molecule has 0 aromatic carbocycles. The van der Waals surface area contributed by atoms with E-state index < -0.39 is 10.0 Å². The minimum atomic E-state index is -3.32. The van der Waals surface area contributed by atoms with Crippen LogP contribution in [-0.4, -0.2) is 43.9 Å². The fourth-order valence-corrected chi connectivity index (χ4v) is 5.58. The van der Waals surface area contributed by atoms with Crippen LogP contribution in [0.25, 0.3) is 0 Å². The molecule has 18 heavy (non-hydrogen) atoms. The molecule has 2 saturated heterocycles. The van der Waals surface area contributed by atoms with Gasteiger partial charge in [0.1, 0.15) is 0 Å². The van der Waals surface area contributed by atoms with Gasteiger partial charge in [-0.05, 0) is 38.3 Å². The van der Waals surface area contributed by atoms with Crippen molar-refractivity contribution in [3.05, 3.63) is 11.2 Å². The molecule has 0 amide bonds. The highest BCUT2D eigenvalue weighted by Crippen LogP contribution is 2.31. The zero-order valence-electron chi connectivity index (χ0n) is 10.3. The third-order valence-electron chi connectivity index (χ3n) is 3.86. The second-order valence-electron chi connectivity index (χ2n) is 5.03. The van der Waals surface area contributed by atoms with Crippen molar-refractivity contribution < 1.29 is 8.42 Å². The molecule has 2 aliphatic heterocycles. The lowest BCUT2D eigenvalue weighted by molar-refractivity contribution is 0.228. The average molecular weight is 287 g/mol. The third-order valence-corrected chi connectivity index (χ3v) is 7.08. The summed E-state index contributed by atoms with van der Waals surface area (Å²) in [7, 11) is -3.32. The highest BCUT2D eigenvalue weighted by molar-refractivity contribution is 7.91. The van der Waals surface area contributed by atoms with Gasteiger partial charge in [0.25, 0.3) is 10.0 Å². The number of sulfonamides is 1. The predicted octanol–water partition coefficient (Wildman–Crippen LogP) is 0.682. The fourth-order valence-electron chi connectivity index (χ4n) is 2.81. The Hall–Kier alpha value is -0.500. The molecule has 1 N–H and O–H groups in total. The number of aromatic nitrogens is 1. The van der Waals surface area contributed by atoms with E-state index in [1.807, 2.05) is 6.92 Å². The number of hydrogen-bond donors (Lipinski definition) is 1. The minimum absolute atomic E-state index is 0.379.